The van der Waals surface area contributed by atoms with Crippen molar-refractivity contribution in [3.05, 3.63) is 70.8 Å². The summed E-state index contributed by atoms with van der Waals surface area (Å²) in [4.78, 5) is 17.2. The zero-order valence-corrected chi connectivity index (χ0v) is 20.6. The molecule has 9 heteroatoms. The normalized spacial score (nSPS) is 19.3. The lowest BCUT2D eigenvalue weighted by atomic mass is 10.1. The minimum atomic E-state index is -0.131. The average molecular weight is 504 g/mol. The molecule has 0 aromatic heterocycles. The van der Waals surface area contributed by atoms with E-state index in [9.17, 15) is 4.79 Å². The summed E-state index contributed by atoms with van der Waals surface area (Å²) in [5.74, 6) is 2.02. The van der Waals surface area contributed by atoms with Gasteiger partial charge in [-0.2, -0.15) is 10.5 Å². The van der Waals surface area contributed by atoms with Gasteiger partial charge in [-0.05, 0) is 41.8 Å². The van der Waals surface area contributed by atoms with Gasteiger partial charge in [0.05, 0.1) is 35.2 Å². The van der Waals surface area contributed by atoms with E-state index in [1.165, 1.54) is 0 Å². The Labute approximate surface area is 211 Å². The predicted molar refractivity (Wildman–Crippen MR) is 135 cm³/mol. The van der Waals surface area contributed by atoms with E-state index >= 15 is 0 Å². The fourth-order valence-corrected chi connectivity index (χ4v) is 5.10. The summed E-state index contributed by atoms with van der Waals surface area (Å²) in [6, 6.07) is 19.8. The first kappa shape index (κ1) is 27.0. The first-order valence-corrected chi connectivity index (χ1v) is 11.6. The minimum Gasteiger partial charge on any atom is -0.331 e. The summed E-state index contributed by atoms with van der Waals surface area (Å²) in [6.07, 6.45) is 0.784. The quantitative estimate of drug-likeness (QED) is 0.648. The van der Waals surface area contributed by atoms with Crippen LogP contribution in [-0.4, -0.2) is 52.5 Å². The zero-order valence-electron chi connectivity index (χ0n) is 18.1. The molecule has 0 bridgehead atoms. The third-order valence-electron chi connectivity index (χ3n) is 5.92. The Hall–Kier alpha value is -2.26. The number of carbonyl (C=O) groups is 1. The lowest BCUT2D eigenvalue weighted by molar-refractivity contribution is -0.131. The Kier molecular flexibility index (Phi) is 10.5. The molecule has 174 valence electrons. The third-order valence-corrected chi connectivity index (χ3v) is 6.89. The highest BCUT2D eigenvalue weighted by Gasteiger charge is 2.35. The van der Waals surface area contributed by atoms with Gasteiger partial charge in [0, 0.05) is 38.0 Å². The standard InChI is InChI=1S/C24H25N5OS.2ClH/c25-12-18-1-5-20(6-2-18)15-29(16-21-7-3-19(13-26)4-8-21)22-11-23(27-14-22)24(30)28-9-10-31-17-28;;/h1-8,22-23,27H,9-11,14-17H2;2*1H/t22-,23-;;/m0../s1. The van der Waals surface area contributed by atoms with Gasteiger partial charge in [-0.1, -0.05) is 24.3 Å². The molecule has 0 unspecified atom stereocenters. The smallest absolute Gasteiger partial charge is 0.240 e. The van der Waals surface area contributed by atoms with Gasteiger partial charge in [-0.3, -0.25) is 9.69 Å². The number of nitriles is 2. The number of thioether (sulfide) groups is 1. The van der Waals surface area contributed by atoms with Crippen molar-refractivity contribution >= 4 is 42.5 Å². The Morgan fingerprint density at radius 2 is 1.55 bits per heavy atom. The Morgan fingerprint density at radius 1 is 1.00 bits per heavy atom. The molecule has 6 nitrogen and oxygen atoms in total. The van der Waals surface area contributed by atoms with Crippen LogP contribution >= 0.6 is 36.6 Å². The van der Waals surface area contributed by atoms with Crippen molar-refractivity contribution in [3.63, 3.8) is 0 Å². The lowest BCUT2D eigenvalue weighted by Gasteiger charge is -2.29. The van der Waals surface area contributed by atoms with E-state index in [1.807, 2.05) is 53.4 Å². The highest BCUT2D eigenvalue weighted by atomic mass is 35.5. The third kappa shape index (κ3) is 6.86. The van der Waals surface area contributed by atoms with Crippen molar-refractivity contribution in [1.29, 1.82) is 10.5 Å². The van der Waals surface area contributed by atoms with Crippen molar-refractivity contribution in [1.82, 2.24) is 15.1 Å². The lowest BCUT2D eigenvalue weighted by Crippen LogP contribution is -2.42. The summed E-state index contributed by atoms with van der Waals surface area (Å²) < 4.78 is 0. The number of nitrogens with one attached hydrogen (secondary N) is 1. The molecule has 2 aliphatic rings. The predicted octanol–water partition coefficient (Wildman–Crippen LogP) is 3.54. The first-order chi connectivity index (χ1) is 15.2. The molecule has 2 aliphatic heterocycles. The number of benzene rings is 2. The molecule has 0 saturated carbocycles. The van der Waals surface area contributed by atoms with Crippen LogP contribution in [0.15, 0.2) is 48.5 Å². The van der Waals surface area contributed by atoms with Crippen LogP contribution < -0.4 is 5.32 Å². The van der Waals surface area contributed by atoms with Gasteiger partial charge >= 0.3 is 0 Å². The van der Waals surface area contributed by atoms with Crippen molar-refractivity contribution in [2.75, 3.05) is 24.7 Å². The van der Waals surface area contributed by atoms with Crippen molar-refractivity contribution in [2.24, 2.45) is 0 Å². The van der Waals surface area contributed by atoms with Crippen LogP contribution in [0.3, 0.4) is 0 Å². The number of hydrogen-bond acceptors (Lipinski definition) is 6. The maximum absolute atomic E-state index is 12.8. The SMILES string of the molecule is Cl.Cl.N#Cc1ccc(CN(Cc2ccc(C#N)cc2)[C@@H]2CN[C@H](C(=O)N3CCSC3)C2)cc1. The van der Waals surface area contributed by atoms with Crippen LogP contribution in [0.1, 0.15) is 28.7 Å². The molecule has 33 heavy (non-hydrogen) atoms. The second kappa shape index (κ2) is 12.8. The topological polar surface area (TPSA) is 83.2 Å². The summed E-state index contributed by atoms with van der Waals surface area (Å²) in [5.41, 5.74) is 3.58. The first-order valence-electron chi connectivity index (χ1n) is 10.5. The summed E-state index contributed by atoms with van der Waals surface area (Å²) in [7, 11) is 0. The monoisotopic (exact) mass is 503 g/mol. The van der Waals surface area contributed by atoms with E-state index in [-0.39, 0.29) is 42.8 Å². The van der Waals surface area contributed by atoms with Gasteiger partial charge in [-0.15, -0.1) is 36.6 Å². The van der Waals surface area contributed by atoms with Crippen molar-refractivity contribution < 1.29 is 4.79 Å². The number of nitrogens with zero attached hydrogens (tertiary/aromatic N) is 4. The molecule has 1 amide bonds. The van der Waals surface area contributed by atoms with E-state index < -0.39 is 0 Å². The van der Waals surface area contributed by atoms with Crippen molar-refractivity contribution in [2.45, 2.75) is 31.6 Å². The van der Waals surface area contributed by atoms with Crippen LogP contribution in [0.4, 0.5) is 0 Å². The molecule has 2 saturated heterocycles. The molecule has 2 aromatic rings. The van der Waals surface area contributed by atoms with Gasteiger partial charge in [0.2, 0.25) is 5.91 Å². The molecule has 2 atom stereocenters. The van der Waals surface area contributed by atoms with Crippen LogP contribution in [0.5, 0.6) is 0 Å². The van der Waals surface area contributed by atoms with Crippen molar-refractivity contribution in [3.8, 4) is 12.1 Å². The number of amides is 1. The number of hydrogen-bond donors (Lipinski definition) is 1. The molecule has 4 rings (SSSR count). The molecule has 0 radical (unpaired) electrons. The van der Waals surface area contributed by atoms with Crippen LogP contribution in [0.2, 0.25) is 0 Å². The largest absolute Gasteiger partial charge is 0.331 e. The summed E-state index contributed by atoms with van der Waals surface area (Å²) in [5, 5.41) is 21.6. The molecule has 0 spiro atoms. The molecule has 2 heterocycles. The molecule has 2 fully saturated rings. The second-order valence-corrected chi connectivity index (χ2v) is 9.09. The van der Waals surface area contributed by atoms with E-state index in [0.717, 1.165) is 55.4 Å². The van der Waals surface area contributed by atoms with Gasteiger partial charge in [0.25, 0.3) is 0 Å². The summed E-state index contributed by atoms with van der Waals surface area (Å²) >= 11 is 1.81. The molecular weight excluding hydrogens is 477 g/mol. The second-order valence-electron chi connectivity index (χ2n) is 8.01. The van der Waals surface area contributed by atoms with E-state index in [2.05, 4.69) is 22.4 Å². The van der Waals surface area contributed by atoms with Gasteiger partial charge in [0.15, 0.2) is 0 Å². The Balaban J connectivity index is 0.00000193. The van der Waals surface area contributed by atoms with Gasteiger partial charge < -0.3 is 10.2 Å². The van der Waals surface area contributed by atoms with Crippen LogP contribution in [0, 0.1) is 22.7 Å². The highest BCUT2D eigenvalue weighted by molar-refractivity contribution is 7.99. The Morgan fingerprint density at radius 3 is 2.00 bits per heavy atom. The van der Waals surface area contributed by atoms with Crippen LogP contribution in [-0.2, 0) is 17.9 Å². The summed E-state index contributed by atoms with van der Waals surface area (Å²) in [6.45, 7) is 3.08. The fourth-order valence-electron chi connectivity index (χ4n) is 4.14. The fraction of sp³-hybridized carbons (Fsp3) is 0.375. The van der Waals surface area contributed by atoms with Gasteiger partial charge in [0.1, 0.15) is 0 Å². The molecule has 2 aromatic carbocycles. The number of halogens is 2. The Bertz CT molecular complexity index is 938. The molecule has 0 aliphatic carbocycles. The van der Waals surface area contributed by atoms with E-state index in [0.29, 0.717) is 11.1 Å². The minimum absolute atomic E-state index is 0. The number of carbonyl (C=O) groups excluding carboxylic acids is 1. The van der Waals surface area contributed by atoms with E-state index in [4.69, 9.17) is 10.5 Å². The zero-order chi connectivity index (χ0) is 21.6. The average Bonchev–Trinajstić information content (AvgIpc) is 3.52. The van der Waals surface area contributed by atoms with E-state index in [1.54, 1.807) is 11.8 Å². The number of rotatable bonds is 6. The molecular formula is C24H27Cl2N5OS. The maximum Gasteiger partial charge on any atom is 0.240 e. The van der Waals surface area contributed by atoms with Crippen LogP contribution in [0.25, 0.3) is 0 Å². The van der Waals surface area contributed by atoms with Gasteiger partial charge in [-0.25, -0.2) is 0 Å². The molecule has 1 N–H and O–H groups in total. The highest BCUT2D eigenvalue weighted by Crippen LogP contribution is 2.23. The maximum atomic E-state index is 12.8.